The number of thioether (sulfide) groups is 2. The fourth-order valence-corrected chi connectivity index (χ4v) is 10.4. The number of hydrogen-bond donors (Lipinski definition) is 4. The Balaban J connectivity index is 1.32. The van der Waals surface area contributed by atoms with E-state index in [4.69, 9.17) is 4.74 Å². The van der Waals surface area contributed by atoms with Gasteiger partial charge in [-0.3, -0.25) is 9.80 Å². The van der Waals surface area contributed by atoms with Crippen molar-refractivity contribution in [1.82, 2.24) is 26.4 Å². The van der Waals surface area contributed by atoms with Crippen LogP contribution in [0.2, 0.25) is 0 Å². The molecule has 10 heteroatoms. The molecule has 3 aliphatic heterocycles. The number of allylic oxidation sites excluding steroid dienone is 2. The van der Waals surface area contributed by atoms with E-state index in [2.05, 4.69) is 88.9 Å². The number of rotatable bonds is 13. The molecule has 7 nitrogen and oxygen atoms in total. The second kappa shape index (κ2) is 13.9. The first-order valence-corrected chi connectivity index (χ1v) is 19.0. The van der Waals surface area contributed by atoms with Gasteiger partial charge in [0.25, 0.3) is 0 Å². The topological polar surface area (TPSA) is 77.7 Å². The fraction of sp³-hybridized carbons (Fsp3) is 0.583. The van der Waals surface area contributed by atoms with Gasteiger partial charge in [0.15, 0.2) is 6.17 Å². The van der Waals surface area contributed by atoms with Crippen molar-refractivity contribution in [3.8, 4) is 5.75 Å². The number of hydrazine groups is 1. The molecule has 6 rings (SSSR count). The molecule has 1 aromatic rings. The summed E-state index contributed by atoms with van der Waals surface area (Å²) in [5.74, 6) is 3.06. The van der Waals surface area contributed by atoms with E-state index in [0.29, 0.717) is 31.8 Å². The fourth-order valence-electron chi connectivity index (χ4n) is 7.04. The number of fused-ring (bicyclic) bond motifs is 1. The second-order valence-electron chi connectivity index (χ2n) is 13.1. The number of carbonyl (C=O) groups excluding carboxylic acids is 1. The average Bonchev–Trinajstić information content (AvgIpc) is 3.55. The Morgan fingerprint density at radius 1 is 1.17 bits per heavy atom. The number of nitrogens with one attached hydrogen (secondary N) is 4. The number of ether oxygens (including phenoxy) is 1. The Labute approximate surface area is 282 Å². The third-order valence-electron chi connectivity index (χ3n) is 10.2. The molecule has 0 radical (unpaired) electrons. The Kier molecular flexibility index (Phi) is 10.1. The summed E-state index contributed by atoms with van der Waals surface area (Å²) in [5.41, 5.74) is 8.32. The van der Waals surface area contributed by atoms with E-state index in [1.807, 2.05) is 37.4 Å². The number of halogens is 1. The van der Waals surface area contributed by atoms with E-state index in [-0.39, 0.29) is 34.0 Å². The maximum atomic E-state index is 15.4. The number of alkyl halides is 1. The van der Waals surface area contributed by atoms with Gasteiger partial charge in [0.1, 0.15) is 15.5 Å². The van der Waals surface area contributed by atoms with Crippen molar-refractivity contribution in [2.75, 3.05) is 25.2 Å². The van der Waals surface area contributed by atoms with Gasteiger partial charge in [-0.05, 0) is 61.7 Å². The van der Waals surface area contributed by atoms with Crippen molar-refractivity contribution < 1.29 is 13.9 Å². The van der Waals surface area contributed by atoms with Crippen LogP contribution in [-0.2, 0) is 15.3 Å². The van der Waals surface area contributed by atoms with Gasteiger partial charge in [-0.1, -0.05) is 64.1 Å². The molecule has 0 aromatic heterocycles. The monoisotopic (exact) mass is 667 g/mol. The predicted molar refractivity (Wildman–Crippen MR) is 189 cm³/mol. The molecular formula is C36H50FN5O2S2. The molecule has 4 atom stereocenters. The van der Waals surface area contributed by atoms with Crippen LogP contribution in [0, 0.1) is 11.8 Å². The summed E-state index contributed by atoms with van der Waals surface area (Å²) in [6.45, 7) is 8.72. The largest absolute Gasteiger partial charge is 0.496 e. The minimum atomic E-state index is -1.17. The number of amides is 1. The number of carbonyl (C=O) groups is 1. The third-order valence-corrected chi connectivity index (χ3v) is 13.8. The van der Waals surface area contributed by atoms with Crippen LogP contribution < -0.4 is 26.1 Å². The lowest BCUT2D eigenvalue weighted by molar-refractivity contribution is -0.124. The molecule has 1 aromatic carbocycles. The Morgan fingerprint density at radius 3 is 2.59 bits per heavy atom. The zero-order chi connectivity index (χ0) is 32.5. The van der Waals surface area contributed by atoms with Gasteiger partial charge in [0, 0.05) is 35.9 Å². The lowest BCUT2D eigenvalue weighted by Crippen LogP contribution is -2.60. The molecule has 0 spiro atoms. The van der Waals surface area contributed by atoms with Gasteiger partial charge in [-0.15, -0.1) is 23.5 Å². The van der Waals surface area contributed by atoms with Crippen LogP contribution in [0.4, 0.5) is 4.39 Å². The molecule has 1 saturated heterocycles. The first-order valence-electron chi connectivity index (χ1n) is 17.1. The summed E-state index contributed by atoms with van der Waals surface area (Å²) in [7, 11) is 1.78. The highest BCUT2D eigenvalue weighted by Crippen LogP contribution is 2.58. The van der Waals surface area contributed by atoms with Crippen molar-refractivity contribution in [1.29, 1.82) is 0 Å². The quantitative estimate of drug-likeness (QED) is 0.196. The lowest BCUT2D eigenvalue weighted by Gasteiger charge is -2.45. The predicted octanol–water partition coefficient (Wildman–Crippen LogP) is 6.27. The Bertz CT molecular complexity index is 1410. The van der Waals surface area contributed by atoms with E-state index in [1.54, 1.807) is 7.11 Å². The Hall–Kier alpha value is -2.56. The minimum absolute atomic E-state index is 0.0709. The smallest absolute Gasteiger partial charge is 0.227 e. The van der Waals surface area contributed by atoms with Crippen LogP contribution in [0.3, 0.4) is 0 Å². The average molecular weight is 668 g/mol. The van der Waals surface area contributed by atoms with Gasteiger partial charge in [0.2, 0.25) is 5.91 Å². The summed E-state index contributed by atoms with van der Waals surface area (Å²) in [6, 6.07) is 6.80. The summed E-state index contributed by atoms with van der Waals surface area (Å²) in [6.07, 6.45) is 15.1. The van der Waals surface area contributed by atoms with Crippen molar-refractivity contribution >= 4 is 29.4 Å². The van der Waals surface area contributed by atoms with E-state index < -0.39 is 5.67 Å². The van der Waals surface area contributed by atoms with E-state index >= 15 is 4.39 Å². The minimum Gasteiger partial charge on any atom is -0.496 e. The third kappa shape index (κ3) is 6.46. The van der Waals surface area contributed by atoms with Gasteiger partial charge in [-0.2, -0.15) is 0 Å². The molecule has 1 saturated carbocycles. The molecule has 2 fully saturated rings. The SMILES string of the molecule is CCc1cccc(C2(C3C=C(NCCC(F)(CC)CC)C4NC=C(C5=CC(C)C(C(=O)NC6CC6)C=C5)N4N3)SCCS2)c1OC. The number of aryl methyl sites for hydroxylation is 1. The molecule has 4 unspecified atom stereocenters. The molecule has 5 aliphatic rings. The summed E-state index contributed by atoms with van der Waals surface area (Å²) < 4.78 is 21.1. The van der Waals surface area contributed by atoms with Crippen LogP contribution >= 0.6 is 23.5 Å². The maximum Gasteiger partial charge on any atom is 0.227 e. The van der Waals surface area contributed by atoms with Crippen LogP contribution in [0.1, 0.15) is 70.9 Å². The number of para-hydroxylation sites is 1. The molecule has 46 heavy (non-hydrogen) atoms. The van der Waals surface area contributed by atoms with Crippen LogP contribution in [0.25, 0.3) is 0 Å². The molecular weight excluding hydrogens is 618 g/mol. The van der Waals surface area contributed by atoms with E-state index in [0.717, 1.165) is 53.5 Å². The molecule has 0 bridgehead atoms. The summed E-state index contributed by atoms with van der Waals surface area (Å²) >= 11 is 3.94. The number of nitrogens with zero attached hydrogens (tertiary/aromatic N) is 1. The first-order chi connectivity index (χ1) is 22.3. The zero-order valence-electron chi connectivity index (χ0n) is 27.8. The molecule has 3 heterocycles. The standard InChI is InChI=1S/C36H50FN5O2S2/c1-6-24-10-9-11-28(32(24)44-5)36(45-18-19-46-36)31-21-29(38-17-16-35(37,7-2)8-3)33-39-22-30(42(33)41-31)25-12-15-27(23(4)20-25)34(43)40-26-13-14-26/h9-12,15,20-23,26-27,31,33,38-39,41H,6-8,13-14,16-19H2,1-5H3,(H,40,43). The Morgan fingerprint density at radius 2 is 1.93 bits per heavy atom. The first kappa shape index (κ1) is 33.3. The number of methoxy groups -OCH3 is 1. The van der Waals surface area contributed by atoms with Gasteiger partial charge >= 0.3 is 0 Å². The number of benzene rings is 1. The summed E-state index contributed by atoms with van der Waals surface area (Å²) in [5, 5.41) is 12.7. The zero-order valence-corrected chi connectivity index (χ0v) is 29.5. The van der Waals surface area contributed by atoms with Crippen molar-refractivity contribution in [2.45, 2.75) is 94.2 Å². The van der Waals surface area contributed by atoms with Gasteiger partial charge in [-0.25, -0.2) is 9.82 Å². The molecule has 2 aliphatic carbocycles. The maximum absolute atomic E-state index is 15.4. The lowest BCUT2D eigenvalue weighted by atomic mass is 9.85. The number of hydrogen-bond acceptors (Lipinski definition) is 8. The molecule has 1 amide bonds. The highest BCUT2D eigenvalue weighted by atomic mass is 32.2. The van der Waals surface area contributed by atoms with Crippen molar-refractivity contribution in [3.63, 3.8) is 0 Å². The van der Waals surface area contributed by atoms with E-state index in [9.17, 15) is 4.79 Å². The van der Waals surface area contributed by atoms with Crippen LogP contribution in [0.5, 0.6) is 5.75 Å². The normalized spacial score (nSPS) is 26.9. The highest BCUT2D eigenvalue weighted by molar-refractivity contribution is 8.20. The highest BCUT2D eigenvalue weighted by Gasteiger charge is 2.50. The molecule has 4 N–H and O–H groups in total. The van der Waals surface area contributed by atoms with Crippen molar-refractivity contribution in [3.05, 3.63) is 76.8 Å². The molecule has 250 valence electrons. The second-order valence-corrected chi connectivity index (χ2v) is 16.0. The van der Waals surface area contributed by atoms with Gasteiger partial charge < -0.3 is 20.7 Å². The van der Waals surface area contributed by atoms with Gasteiger partial charge in [0.05, 0.1) is 30.5 Å². The van der Waals surface area contributed by atoms with Crippen LogP contribution in [-0.4, -0.2) is 60.0 Å². The van der Waals surface area contributed by atoms with E-state index in [1.165, 1.54) is 11.1 Å². The summed E-state index contributed by atoms with van der Waals surface area (Å²) in [4.78, 5) is 12.9. The van der Waals surface area contributed by atoms with Crippen molar-refractivity contribution in [2.24, 2.45) is 11.8 Å². The van der Waals surface area contributed by atoms with Crippen LogP contribution in [0.15, 0.2) is 65.7 Å².